The van der Waals surface area contributed by atoms with Crippen molar-refractivity contribution in [1.82, 2.24) is 25.0 Å². The normalized spacial score (nSPS) is 15.7. The zero-order chi connectivity index (χ0) is 55.5. The molecule has 79 heavy (non-hydrogen) atoms. The molecule has 4 heterocycles. The first-order chi connectivity index (χ1) is 38.0. The number of thiazole rings is 1. The second kappa shape index (κ2) is 22.2. The van der Waals surface area contributed by atoms with Crippen molar-refractivity contribution in [3.63, 3.8) is 0 Å². The van der Waals surface area contributed by atoms with E-state index in [2.05, 4.69) is 20.9 Å². The van der Waals surface area contributed by atoms with Crippen molar-refractivity contribution in [3.05, 3.63) is 237 Å². The van der Waals surface area contributed by atoms with Crippen LogP contribution in [0.15, 0.2) is 203 Å². The van der Waals surface area contributed by atoms with Crippen molar-refractivity contribution in [1.29, 1.82) is 0 Å². The van der Waals surface area contributed by atoms with E-state index in [1.165, 1.54) is 60.2 Å². The van der Waals surface area contributed by atoms with E-state index in [1.807, 2.05) is 152 Å². The van der Waals surface area contributed by atoms with Crippen LogP contribution in [0.1, 0.15) is 74.2 Å². The number of carbonyl (C=O) groups is 4. The number of amides is 2. The van der Waals surface area contributed by atoms with Crippen molar-refractivity contribution >= 4 is 57.7 Å². The molecule has 5 aromatic carbocycles. The van der Waals surface area contributed by atoms with Gasteiger partial charge in [-0.15, -0.1) is 23.1 Å². The fraction of sp³-hybridized carbons (Fsp3) is 0.213. The monoisotopic (exact) mass is 1090 g/mol. The molecule has 3 N–H and O–H groups in total. The van der Waals surface area contributed by atoms with Crippen molar-refractivity contribution in [2.24, 2.45) is 5.16 Å². The third-order valence-electron chi connectivity index (χ3n) is 13.2. The lowest BCUT2D eigenvalue weighted by Crippen LogP contribution is -2.71. The van der Waals surface area contributed by atoms with Crippen LogP contribution in [0.25, 0.3) is 11.1 Å². The molecule has 10 rings (SSSR count). The largest absolute Gasteiger partial charge is 0.504 e. The molecule has 400 valence electrons. The molecule has 4 aliphatic rings. The molecule has 0 saturated carbocycles. The summed E-state index contributed by atoms with van der Waals surface area (Å²) in [5.74, 6) is -3.20. The summed E-state index contributed by atoms with van der Waals surface area (Å²) in [5, 5.41) is 26.9. The van der Waals surface area contributed by atoms with Crippen LogP contribution in [-0.2, 0) is 45.6 Å². The highest BCUT2D eigenvalue weighted by molar-refractivity contribution is 8.00. The SMILES string of the molecule is CC(C)(C)OC(=O)C(C)(C)O/N=C(\C(=O)NC1C(=O)N2C(C(=O)OC(c3ccccc3)c3ccccc3)=C(Cn3cc4cc(O)c(=O)cc-4cn3)CS[C@@H]12)c1csc(NC(c2ccccc2)(c2ccccc2)c2ccccc2)n1. The van der Waals surface area contributed by atoms with Crippen molar-refractivity contribution in [2.45, 2.75) is 75.4 Å². The number of nitrogens with one attached hydrogen (secondary N) is 2. The molecule has 6 aromatic rings. The summed E-state index contributed by atoms with van der Waals surface area (Å²) in [6.45, 7) is 8.12. The van der Waals surface area contributed by atoms with E-state index >= 15 is 0 Å². The number of phenols is 1. The van der Waals surface area contributed by atoms with Gasteiger partial charge in [0.2, 0.25) is 11.0 Å². The van der Waals surface area contributed by atoms with E-state index in [0.717, 1.165) is 16.7 Å². The van der Waals surface area contributed by atoms with E-state index < -0.39 is 69.2 Å². The number of hydrogen-bond acceptors (Lipinski definition) is 15. The number of aromatic nitrogens is 3. The number of oxime groups is 1. The zero-order valence-electron chi connectivity index (χ0n) is 43.7. The smallest absolute Gasteiger partial charge is 0.356 e. The number of esters is 2. The molecule has 1 fully saturated rings. The minimum Gasteiger partial charge on any atom is -0.504 e. The maximum Gasteiger partial charge on any atom is 0.356 e. The molecular weight excluding hydrogens is 1040 g/mol. The van der Waals surface area contributed by atoms with Gasteiger partial charge in [-0.2, -0.15) is 5.10 Å². The second-order valence-electron chi connectivity index (χ2n) is 20.4. The first kappa shape index (κ1) is 53.5. The molecule has 2 atom stereocenters. The summed E-state index contributed by atoms with van der Waals surface area (Å²) in [5.41, 5.74) is 1.30. The Labute approximate surface area is 464 Å². The minimum atomic E-state index is -1.69. The molecule has 1 aliphatic carbocycles. The Morgan fingerprint density at radius 1 is 0.772 bits per heavy atom. The number of benzene rings is 6. The molecule has 1 saturated heterocycles. The summed E-state index contributed by atoms with van der Waals surface area (Å²) in [6, 6.07) is 49.7. The standard InChI is InChI=1S/C61H55N7O9S2/c1-59(2,3)76-57(74)60(4,5)77-66-49(46-37-79-58(63-46)65-61(43-25-15-8-16-26-43,44-27-17-9-18-28-44)45-29-19-10-20-30-45)53(71)64-50-54(72)68-51(56(73)75-52(38-21-11-6-12-22-38)39-23-13-7-14-24-39)42(36-78-55(50)68)35-67-34-41-32-48(70)47(69)31-40(41)33-62-67/h6-34,37,50,52,55,70H,35-36H2,1-5H3,(H,63,65)(H,64,71)/b66-49-/t50?,55-/m0/s1. The number of phenolic OH excluding ortho intramolecular Hbond substituents is 1. The first-order valence-corrected chi connectivity index (χ1v) is 27.3. The van der Waals surface area contributed by atoms with Gasteiger partial charge in [-0.25, -0.2) is 14.6 Å². The number of β-lactam (4-membered cyclic amide) rings is 1. The number of hydrogen-bond donors (Lipinski definition) is 3. The van der Waals surface area contributed by atoms with Crippen LogP contribution in [0, 0.1) is 0 Å². The van der Waals surface area contributed by atoms with E-state index in [1.54, 1.807) is 37.0 Å². The van der Waals surface area contributed by atoms with Crippen LogP contribution in [0.2, 0.25) is 0 Å². The van der Waals surface area contributed by atoms with Gasteiger partial charge in [0.1, 0.15) is 33.9 Å². The molecule has 1 unspecified atom stereocenters. The third kappa shape index (κ3) is 11.3. The number of ether oxygens (including phenoxy) is 2. The Morgan fingerprint density at radius 2 is 1.33 bits per heavy atom. The average molecular weight is 1090 g/mol. The number of carbonyl (C=O) groups excluding carboxylic acids is 4. The lowest BCUT2D eigenvalue weighted by atomic mass is 9.77. The van der Waals surface area contributed by atoms with E-state index in [4.69, 9.17) is 19.3 Å². The molecular formula is C61H55N7O9S2. The number of thioether (sulfide) groups is 1. The van der Waals surface area contributed by atoms with Crippen molar-refractivity contribution < 1.29 is 38.6 Å². The lowest BCUT2D eigenvalue weighted by molar-refractivity contribution is -0.179. The third-order valence-corrected chi connectivity index (χ3v) is 15.3. The van der Waals surface area contributed by atoms with Gasteiger partial charge in [0.25, 0.3) is 11.8 Å². The summed E-state index contributed by atoms with van der Waals surface area (Å²) in [4.78, 5) is 82.6. The Bertz CT molecular complexity index is 3490. The van der Waals surface area contributed by atoms with E-state index in [9.17, 15) is 29.1 Å². The number of nitrogens with zero attached hydrogens (tertiary/aromatic N) is 5. The van der Waals surface area contributed by atoms with Gasteiger partial charge < -0.3 is 30.1 Å². The predicted octanol–water partition coefficient (Wildman–Crippen LogP) is 9.44. The average Bonchev–Trinajstić information content (AvgIpc) is 4.08. The second-order valence-corrected chi connectivity index (χ2v) is 22.4. The molecule has 3 aliphatic heterocycles. The molecule has 0 bridgehead atoms. The Morgan fingerprint density at radius 3 is 1.89 bits per heavy atom. The molecule has 1 aromatic heterocycles. The van der Waals surface area contributed by atoms with Crippen molar-refractivity contribution in [3.8, 4) is 16.9 Å². The fourth-order valence-corrected chi connectivity index (χ4v) is 11.5. The Balaban J connectivity index is 0.994. The van der Waals surface area contributed by atoms with Gasteiger partial charge >= 0.3 is 11.9 Å². The quantitative estimate of drug-likeness (QED) is 0.0256. The van der Waals surface area contributed by atoms with Crippen LogP contribution in [0.5, 0.6) is 5.75 Å². The predicted molar refractivity (Wildman–Crippen MR) is 302 cm³/mol. The highest BCUT2D eigenvalue weighted by Gasteiger charge is 2.55. The Hall–Kier alpha value is -8.87. The van der Waals surface area contributed by atoms with Gasteiger partial charge in [-0.1, -0.05) is 157 Å². The van der Waals surface area contributed by atoms with Crippen LogP contribution in [0.4, 0.5) is 5.13 Å². The highest BCUT2D eigenvalue weighted by Crippen LogP contribution is 2.44. The fourth-order valence-electron chi connectivity index (χ4n) is 9.37. The van der Waals surface area contributed by atoms with E-state index in [-0.39, 0.29) is 29.4 Å². The molecule has 0 radical (unpaired) electrons. The lowest BCUT2D eigenvalue weighted by Gasteiger charge is -2.49. The highest BCUT2D eigenvalue weighted by atomic mass is 32.2. The van der Waals surface area contributed by atoms with Gasteiger partial charge in [0, 0.05) is 28.5 Å². The van der Waals surface area contributed by atoms with Crippen molar-refractivity contribution in [2.75, 3.05) is 11.1 Å². The van der Waals surface area contributed by atoms with Crippen LogP contribution in [0.3, 0.4) is 0 Å². The Kier molecular flexibility index (Phi) is 15.1. The zero-order valence-corrected chi connectivity index (χ0v) is 45.4. The van der Waals surface area contributed by atoms with Gasteiger partial charge in [-0.05, 0) is 80.1 Å². The van der Waals surface area contributed by atoms with Crippen LogP contribution < -0.4 is 16.1 Å². The summed E-state index contributed by atoms with van der Waals surface area (Å²) < 4.78 is 13.6. The van der Waals surface area contributed by atoms with Gasteiger partial charge in [-0.3, -0.25) is 24.0 Å². The molecule has 2 amide bonds. The number of fused-ring (bicyclic) bond motifs is 2. The summed E-state index contributed by atoms with van der Waals surface area (Å²) >= 11 is 2.54. The summed E-state index contributed by atoms with van der Waals surface area (Å²) in [6.07, 6.45) is 2.26. The maximum atomic E-state index is 14.9. The minimum absolute atomic E-state index is 0.0179. The van der Waals surface area contributed by atoms with Crippen LogP contribution >= 0.6 is 23.1 Å². The van der Waals surface area contributed by atoms with Gasteiger partial charge in [0.15, 0.2) is 22.7 Å². The molecule has 16 nitrogen and oxygen atoms in total. The molecule has 0 spiro atoms. The maximum absolute atomic E-state index is 14.9. The van der Waals surface area contributed by atoms with Crippen LogP contribution in [-0.4, -0.2) is 82.6 Å². The number of anilines is 1. The number of aromatic hydroxyl groups is 1. The molecule has 18 heteroatoms. The topological polar surface area (TPSA) is 204 Å². The van der Waals surface area contributed by atoms with E-state index in [0.29, 0.717) is 33.0 Å². The van der Waals surface area contributed by atoms with Gasteiger partial charge in [0.05, 0.1) is 12.7 Å². The summed E-state index contributed by atoms with van der Waals surface area (Å²) in [7, 11) is 0. The number of rotatable bonds is 17. The first-order valence-electron chi connectivity index (χ1n) is 25.4.